The predicted molar refractivity (Wildman–Crippen MR) is 118 cm³/mol. The lowest BCUT2D eigenvalue weighted by Crippen LogP contribution is -2.28. The van der Waals surface area contributed by atoms with Crippen molar-refractivity contribution in [1.82, 2.24) is 0 Å². The molecule has 0 spiro atoms. The average Bonchev–Trinajstić information content (AvgIpc) is 2.98. The van der Waals surface area contributed by atoms with E-state index in [1.165, 1.54) is 5.56 Å². The van der Waals surface area contributed by atoms with Gasteiger partial charge in [0.2, 0.25) is 11.8 Å². The Morgan fingerprint density at radius 1 is 1.14 bits per heavy atom. The van der Waals surface area contributed by atoms with Crippen LogP contribution in [-0.4, -0.2) is 17.6 Å². The van der Waals surface area contributed by atoms with E-state index in [-0.39, 0.29) is 22.6 Å². The predicted octanol–water partition coefficient (Wildman–Crippen LogP) is 5.46. The molecule has 1 unspecified atom stereocenters. The lowest BCUT2D eigenvalue weighted by atomic mass is 9.92. The van der Waals surface area contributed by atoms with E-state index < -0.39 is 0 Å². The minimum absolute atomic E-state index is 0.0164. The number of anilines is 2. The summed E-state index contributed by atoms with van der Waals surface area (Å²) in [6.45, 7) is 10.3. The fraction of sp³-hybridized carbons (Fsp3) is 0.391. The van der Waals surface area contributed by atoms with Gasteiger partial charge in [0.1, 0.15) is 5.37 Å². The SMILES string of the molecule is Cc1cccc(N2C(=O)CSC2c2ccc(NC(=O)CC(C)(C)C)cc2)c1C. The Morgan fingerprint density at radius 2 is 1.82 bits per heavy atom. The highest BCUT2D eigenvalue weighted by atomic mass is 32.2. The zero-order chi connectivity index (χ0) is 20.5. The number of hydrogen-bond acceptors (Lipinski definition) is 3. The highest BCUT2D eigenvalue weighted by Gasteiger charge is 2.34. The fourth-order valence-corrected chi connectivity index (χ4v) is 4.51. The molecule has 5 heteroatoms. The molecule has 2 aromatic carbocycles. The molecule has 1 saturated heterocycles. The van der Waals surface area contributed by atoms with Gasteiger partial charge in [-0.3, -0.25) is 14.5 Å². The van der Waals surface area contributed by atoms with Crippen molar-refractivity contribution in [3.05, 3.63) is 59.2 Å². The smallest absolute Gasteiger partial charge is 0.238 e. The number of carbonyl (C=O) groups is 2. The van der Waals surface area contributed by atoms with Crippen LogP contribution in [0.5, 0.6) is 0 Å². The van der Waals surface area contributed by atoms with Gasteiger partial charge in [-0.05, 0) is 54.2 Å². The molecule has 0 bridgehead atoms. The first-order valence-corrected chi connectivity index (χ1v) is 10.6. The highest BCUT2D eigenvalue weighted by Crippen LogP contribution is 2.43. The van der Waals surface area contributed by atoms with Crippen LogP contribution in [0.3, 0.4) is 0 Å². The number of carbonyl (C=O) groups excluding carboxylic acids is 2. The summed E-state index contributed by atoms with van der Waals surface area (Å²) in [4.78, 5) is 26.7. The van der Waals surface area contributed by atoms with Crippen LogP contribution in [0, 0.1) is 19.3 Å². The Kier molecular flexibility index (Phi) is 5.84. The summed E-state index contributed by atoms with van der Waals surface area (Å²) in [5.74, 6) is 0.621. The molecule has 0 radical (unpaired) electrons. The summed E-state index contributed by atoms with van der Waals surface area (Å²) < 4.78 is 0. The van der Waals surface area contributed by atoms with Crippen molar-refractivity contribution in [2.75, 3.05) is 16.0 Å². The van der Waals surface area contributed by atoms with E-state index in [9.17, 15) is 9.59 Å². The van der Waals surface area contributed by atoms with Crippen molar-refractivity contribution in [1.29, 1.82) is 0 Å². The van der Waals surface area contributed by atoms with E-state index in [1.54, 1.807) is 11.8 Å². The van der Waals surface area contributed by atoms with Crippen molar-refractivity contribution in [2.24, 2.45) is 5.41 Å². The number of nitrogens with zero attached hydrogens (tertiary/aromatic N) is 1. The van der Waals surface area contributed by atoms with E-state index in [4.69, 9.17) is 0 Å². The van der Waals surface area contributed by atoms with Gasteiger partial charge in [-0.15, -0.1) is 11.8 Å². The number of nitrogens with one attached hydrogen (secondary N) is 1. The second-order valence-corrected chi connectivity index (χ2v) is 9.62. The Bertz CT molecular complexity index is 884. The minimum Gasteiger partial charge on any atom is -0.326 e. The summed E-state index contributed by atoms with van der Waals surface area (Å²) in [6.07, 6.45) is 0.474. The average molecular weight is 397 g/mol. The maximum atomic E-state index is 12.6. The van der Waals surface area contributed by atoms with Gasteiger partial charge >= 0.3 is 0 Å². The van der Waals surface area contributed by atoms with Crippen LogP contribution in [0.25, 0.3) is 0 Å². The van der Waals surface area contributed by atoms with Gasteiger partial charge < -0.3 is 5.32 Å². The van der Waals surface area contributed by atoms with E-state index in [0.717, 1.165) is 22.5 Å². The Morgan fingerprint density at radius 3 is 2.46 bits per heavy atom. The van der Waals surface area contributed by atoms with E-state index in [1.807, 2.05) is 62.1 Å². The highest BCUT2D eigenvalue weighted by molar-refractivity contribution is 8.00. The van der Waals surface area contributed by atoms with Crippen LogP contribution >= 0.6 is 11.8 Å². The largest absolute Gasteiger partial charge is 0.326 e. The summed E-state index contributed by atoms with van der Waals surface area (Å²) >= 11 is 1.64. The van der Waals surface area contributed by atoms with Gasteiger partial charge in [-0.25, -0.2) is 0 Å². The molecule has 0 saturated carbocycles. The van der Waals surface area contributed by atoms with Gasteiger partial charge in [0.05, 0.1) is 5.75 Å². The molecule has 1 aliphatic rings. The third-order valence-electron chi connectivity index (χ3n) is 4.87. The minimum atomic E-state index is -0.0488. The third-order valence-corrected chi connectivity index (χ3v) is 6.09. The fourth-order valence-electron chi connectivity index (χ4n) is 3.35. The van der Waals surface area contributed by atoms with Crippen molar-refractivity contribution in [2.45, 2.75) is 46.4 Å². The Hall–Kier alpha value is -2.27. The molecular formula is C23H28N2O2S. The number of rotatable bonds is 4. The molecule has 1 N–H and O–H groups in total. The Balaban J connectivity index is 1.80. The second-order valence-electron chi connectivity index (χ2n) is 8.55. The molecule has 0 aromatic heterocycles. The van der Waals surface area contributed by atoms with Gasteiger partial charge in [0.15, 0.2) is 0 Å². The van der Waals surface area contributed by atoms with Crippen molar-refractivity contribution >= 4 is 35.0 Å². The van der Waals surface area contributed by atoms with Crippen molar-refractivity contribution < 1.29 is 9.59 Å². The molecule has 148 valence electrons. The van der Waals surface area contributed by atoms with Gasteiger partial charge in [-0.1, -0.05) is 45.0 Å². The first-order chi connectivity index (χ1) is 13.2. The number of hydrogen-bond donors (Lipinski definition) is 1. The van der Waals surface area contributed by atoms with Crippen molar-refractivity contribution in [3.63, 3.8) is 0 Å². The third kappa shape index (κ3) is 4.58. The van der Waals surface area contributed by atoms with Crippen LogP contribution in [0.2, 0.25) is 0 Å². The second kappa shape index (κ2) is 8.00. The van der Waals surface area contributed by atoms with Crippen LogP contribution in [0.4, 0.5) is 11.4 Å². The van der Waals surface area contributed by atoms with E-state index in [2.05, 4.69) is 25.2 Å². The maximum absolute atomic E-state index is 12.6. The lowest BCUT2D eigenvalue weighted by molar-refractivity contribution is -0.118. The summed E-state index contributed by atoms with van der Waals surface area (Å²) in [5.41, 5.74) is 5.09. The zero-order valence-electron chi connectivity index (χ0n) is 17.2. The van der Waals surface area contributed by atoms with Gasteiger partial charge in [0.25, 0.3) is 0 Å². The van der Waals surface area contributed by atoms with E-state index >= 15 is 0 Å². The summed E-state index contributed by atoms with van der Waals surface area (Å²) in [7, 11) is 0. The van der Waals surface area contributed by atoms with Gasteiger partial charge in [0, 0.05) is 17.8 Å². The zero-order valence-corrected chi connectivity index (χ0v) is 18.0. The molecule has 0 aliphatic carbocycles. The number of benzene rings is 2. The molecule has 1 fully saturated rings. The molecule has 1 atom stereocenters. The summed E-state index contributed by atoms with van der Waals surface area (Å²) in [6, 6.07) is 13.9. The molecule has 3 rings (SSSR count). The van der Waals surface area contributed by atoms with E-state index in [0.29, 0.717) is 12.2 Å². The summed E-state index contributed by atoms with van der Waals surface area (Å²) in [5, 5.41) is 2.91. The Labute approximate surface area is 171 Å². The van der Waals surface area contributed by atoms with Crippen LogP contribution in [0.15, 0.2) is 42.5 Å². The molecule has 4 nitrogen and oxygen atoms in total. The number of aryl methyl sites for hydroxylation is 1. The molecule has 1 heterocycles. The maximum Gasteiger partial charge on any atom is 0.238 e. The standard InChI is InChI=1S/C23H28N2O2S/c1-15-7-6-8-19(16(15)2)25-21(27)14-28-22(25)17-9-11-18(12-10-17)24-20(26)13-23(3,4)5/h6-12,22H,13-14H2,1-5H3,(H,24,26). The monoisotopic (exact) mass is 396 g/mol. The molecular weight excluding hydrogens is 368 g/mol. The number of amides is 2. The van der Waals surface area contributed by atoms with Crippen LogP contribution < -0.4 is 10.2 Å². The van der Waals surface area contributed by atoms with Crippen LogP contribution in [0.1, 0.15) is 49.3 Å². The lowest BCUT2D eigenvalue weighted by Gasteiger charge is -2.26. The molecule has 2 amide bonds. The quantitative estimate of drug-likeness (QED) is 0.747. The molecule has 1 aliphatic heterocycles. The number of thioether (sulfide) groups is 1. The first-order valence-electron chi connectivity index (χ1n) is 9.55. The first kappa shape index (κ1) is 20.5. The molecule has 2 aromatic rings. The molecule has 28 heavy (non-hydrogen) atoms. The normalized spacial score (nSPS) is 17.1. The van der Waals surface area contributed by atoms with Crippen molar-refractivity contribution in [3.8, 4) is 0 Å². The van der Waals surface area contributed by atoms with Crippen LogP contribution in [-0.2, 0) is 9.59 Å². The van der Waals surface area contributed by atoms with Gasteiger partial charge in [-0.2, -0.15) is 0 Å². The topological polar surface area (TPSA) is 49.4 Å².